The SMILES string of the molecule is C[C@@H]1/C=C\C(=O)C(O)[C@@H](O)C/C=C/c2cc(OCc3ccc(Cl)c(Cl)c3)cc(O)c2C(=O)O[C@H]1C. The zero-order valence-corrected chi connectivity index (χ0v) is 20.7. The van der Waals surface area contributed by atoms with Crippen LogP contribution in [0.1, 0.15) is 41.8 Å². The molecule has 1 aliphatic rings. The van der Waals surface area contributed by atoms with E-state index in [1.165, 1.54) is 36.4 Å². The largest absolute Gasteiger partial charge is 0.507 e. The Kier molecular flexibility index (Phi) is 8.97. The molecule has 3 rings (SSSR count). The lowest BCUT2D eigenvalue weighted by atomic mass is 9.99. The molecule has 186 valence electrons. The van der Waals surface area contributed by atoms with Gasteiger partial charge in [-0.3, -0.25) is 4.79 Å². The molecular formula is C26H26Cl2O7. The highest BCUT2D eigenvalue weighted by Crippen LogP contribution is 2.32. The van der Waals surface area contributed by atoms with Crippen LogP contribution in [0.2, 0.25) is 10.0 Å². The second kappa shape index (κ2) is 11.7. The van der Waals surface area contributed by atoms with Gasteiger partial charge in [0.05, 0.1) is 16.1 Å². The van der Waals surface area contributed by atoms with Gasteiger partial charge in [0.2, 0.25) is 0 Å². The van der Waals surface area contributed by atoms with Crippen molar-refractivity contribution in [2.24, 2.45) is 5.92 Å². The lowest BCUT2D eigenvalue weighted by Crippen LogP contribution is -2.32. The Bertz CT molecular complexity index is 1160. The minimum Gasteiger partial charge on any atom is -0.507 e. The van der Waals surface area contributed by atoms with Gasteiger partial charge in [0.15, 0.2) is 5.78 Å². The summed E-state index contributed by atoms with van der Waals surface area (Å²) in [5.41, 5.74) is 0.945. The van der Waals surface area contributed by atoms with Crippen LogP contribution in [0.4, 0.5) is 0 Å². The number of benzene rings is 2. The van der Waals surface area contributed by atoms with Gasteiger partial charge >= 0.3 is 5.97 Å². The molecule has 7 nitrogen and oxygen atoms in total. The highest BCUT2D eigenvalue weighted by atomic mass is 35.5. The van der Waals surface area contributed by atoms with E-state index in [0.29, 0.717) is 10.0 Å². The number of ketones is 1. The van der Waals surface area contributed by atoms with Crippen LogP contribution in [-0.2, 0) is 16.1 Å². The van der Waals surface area contributed by atoms with E-state index in [1.54, 1.807) is 32.0 Å². The maximum Gasteiger partial charge on any atom is 0.342 e. The molecule has 2 aromatic carbocycles. The Morgan fingerprint density at radius 1 is 1.06 bits per heavy atom. The number of hydrogen-bond acceptors (Lipinski definition) is 7. The minimum absolute atomic E-state index is 0.0731. The van der Waals surface area contributed by atoms with E-state index in [4.69, 9.17) is 32.7 Å². The van der Waals surface area contributed by atoms with Crippen LogP contribution < -0.4 is 4.74 Å². The Labute approximate surface area is 213 Å². The molecule has 1 heterocycles. The summed E-state index contributed by atoms with van der Waals surface area (Å²) in [6, 6.07) is 7.89. The van der Waals surface area contributed by atoms with E-state index in [0.717, 1.165) is 5.56 Å². The molecule has 0 radical (unpaired) electrons. The van der Waals surface area contributed by atoms with Gasteiger partial charge in [0, 0.05) is 12.0 Å². The molecule has 0 aliphatic carbocycles. The number of aliphatic hydroxyl groups excluding tert-OH is 2. The van der Waals surface area contributed by atoms with Gasteiger partial charge in [-0.05, 0) is 48.7 Å². The highest BCUT2D eigenvalue weighted by Gasteiger charge is 2.25. The average Bonchev–Trinajstić information content (AvgIpc) is 2.81. The number of ether oxygens (including phenoxy) is 2. The number of halogens is 2. The second-order valence-corrected chi connectivity index (χ2v) is 9.14. The quantitative estimate of drug-likeness (QED) is 0.501. The number of fused-ring (bicyclic) bond motifs is 1. The van der Waals surface area contributed by atoms with Gasteiger partial charge in [-0.15, -0.1) is 0 Å². The predicted molar refractivity (Wildman–Crippen MR) is 133 cm³/mol. The van der Waals surface area contributed by atoms with Crippen LogP contribution in [0, 0.1) is 5.92 Å². The fraction of sp³-hybridized carbons (Fsp3) is 0.308. The minimum atomic E-state index is -1.60. The molecule has 0 amide bonds. The van der Waals surface area contributed by atoms with E-state index in [9.17, 15) is 24.9 Å². The zero-order chi connectivity index (χ0) is 25.7. The molecule has 0 aromatic heterocycles. The number of carbonyl (C=O) groups excluding carboxylic acids is 2. The number of rotatable bonds is 3. The Hall–Kier alpha value is -2.84. The van der Waals surface area contributed by atoms with Crippen LogP contribution in [-0.4, -0.2) is 45.4 Å². The van der Waals surface area contributed by atoms with Crippen LogP contribution in [0.5, 0.6) is 11.5 Å². The standard InChI is InChI=1S/C26H26Cl2O7/c1-14-6-9-22(30)25(32)21(29)5-3-4-17-11-18(12-23(31)24(17)26(33)35-15(14)2)34-13-16-7-8-19(27)20(28)10-16/h3-4,6-12,14-15,21,25,29,31-32H,5,13H2,1-2H3/b4-3+,9-6-/t14-,15+,21+,25?/m1/s1. The monoisotopic (exact) mass is 520 g/mol. The van der Waals surface area contributed by atoms with Crippen molar-refractivity contribution in [3.8, 4) is 11.5 Å². The molecule has 4 atom stereocenters. The van der Waals surface area contributed by atoms with Crippen LogP contribution in [0.3, 0.4) is 0 Å². The van der Waals surface area contributed by atoms with Gasteiger partial charge in [0.1, 0.15) is 35.9 Å². The predicted octanol–water partition coefficient (Wildman–Crippen LogP) is 4.72. The van der Waals surface area contributed by atoms with Crippen LogP contribution in [0.15, 0.2) is 48.6 Å². The van der Waals surface area contributed by atoms with Gasteiger partial charge < -0.3 is 24.8 Å². The lowest BCUT2D eigenvalue weighted by Gasteiger charge is -2.20. The molecule has 0 spiro atoms. The summed E-state index contributed by atoms with van der Waals surface area (Å²) in [4.78, 5) is 25.1. The van der Waals surface area contributed by atoms with Crippen LogP contribution in [0.25, 0.3) is 6.08 Å². The summed E-state index contributed by atoms with van der Waals surface area (Å²) in [5.74, 6) is -1.85. The third-order valence-corrected chi connectivity index (χ3v) is 6.38. The number of cyclic esters (lactones) is 1. The first-order valence-electron chi connectivity index (χ1n) is 11.0. The number of aromatic hydroxyl groups is 1. The Balaban J connectivity index is 1.94. The Morgan fingerprint density at radius 2 is 1.80 bits per heavy atom. The first kappa shape index (κ1) is 26.8. The number of hydrogen-bond donors (Lipinski definition) is 3. The van der Waals surface area contributed by atoms with Crippen molar-refractivity contribution in [1.29, 1.82) is 0 Å². The number of phenols is 1. The molecule has 1 unspecified atom stereocenters. The number of phenolic OH excluding ortho intramolecular Hbond substituents is 1. The fourth-order valence-corrected chi connectivity index (χ4v) is 3.67. The molecular weight excluding hydrogens is 495 g/mol. The summed E-state index contributed by atoms with van der Waals surface area (Å²) in [7, 11) is 0. The van der Waals surface area contributed by atoms with Crippen molar-refractivity contribution in [3.63, 3.8) is 0 Å². The fourth-order valence-electron chi connectivity index (χ4n) is 3.34. The van der Waals surface area contributed by atoms with Gasteiger partial charge in [-0.25, -0.2) is 4.79 Å². The zero-order valence-electron chi connectivity index (χ0n) is 19.2. The Morgan fingerprint density at radius 3 is 2.51 bits per heavy atom. The van der Waals surface area contributed by atoms with E-state index in [-0.39, 0.29) is 41.6 Å². The van der Waals surface area contributed by atoms with E-state index in [1.807, 2.05) is 0 Å². The van der Waals surface area contributed by atoms with Crippen LogP contribution >= 0.6 is 23.2 Å². The summed E-state index contributed by atoms with van der Waals surface area (Å²) < 4.78 is 11.3. The van der Waals surface area contributed by atoms with Crippen molar-refractivity contribution in [3.05, 3.63) is 75.3 Å². The molecule has 0 bridgehead atoms. The van der Waals surface area contributed by atoms with Crippen molar-refractivity contribution in [2.45, 2.75) is 45.2 Å². The normalized spacial score (nSPS) is 25.2. The van der Waals surface area contributed by atoms with E-state index < -0.39 is 30.1 Å². The van der Waals surface area contributed by atoms with Crippen molar-refractivity contribution >= 4 is 41.0 Å². The maximum atomic E-state index is 12.9. The van der Waals surface area contributed by atoms with Gasteiger partial charge in [-0.1, -0.05) is 54.4 Å². The number of aliphatic hydroxyl groups is 2. The molecule has 0 saturated carbocycles. The molecule has 1 aliphatic heterocycles. The van der Waals surface area contributed by atoms with Crippen molar-refractivity contribution < 1.29 is 34.4 Å². The second-order valence-electron chi connectivity index (χ2n) is 8.33. The first-order valence-corrected chi connectivity index (χ1v) is 11.7. The van der Waals surface area contributed by atoms with Crippen molar-refractivity contribution in [1.82, 2.24) is 0 Å². The van der Waals surface area contributed by atoms with Gasteiger partial charge in [0.25, 0.3) is 0 Å². The average molecular weight is 521 g/mol. The maximum absolute atomic E-state index is 12.9. The molecule has 35 heavy (non-hydrogen) atoms. The molecule has 9 heteroatoms. The lowest BCUT2D eigenvalue weighted by molar-refractivity contribution is -0.127. The molecule has 2 aromatic rings. The molecule has 0 saturated heterocycles. The molecule has 3 N–H and O–H groups in total. The summed E-state index contributed by atoms with van der Waals surface area (Å²) in [6.07, 6.45) is 1.97. The summed E-state index contributed by atoms with van der Waals surface area (Å²) in [5, 5.41) is 31.8. The first-order chi connectivity index (χ1) is 16.6. The third kappa shape index (κ3) is 6.86. The van der Waals surface area contributed by atoms with Gasteiger partial charge in [-0.2, -0.15) is 0 Å². The third-order valence-electron chi connectivity index (χ3n) is 5.64. The van der Waals surface area contributed by atoms with E-state index in [2.05, 4.69) is 0 Å². The number of carbonyl (C=O) groups is 2. The van der Waals surface area contributed by atoms with E-state index >= 15 is 0 Å². The van der Waals surface area contributed by atoms with Crippen molar-refractivity contribution in [2.75, 3.05) is 0 Å². The topological polar surface area (TPSA) is 113 Å². The smallest absolute Gasteiger partial charge is 0.342 e. The molecule has 0 fully saturated rings. The summed E-state index contributed by atoms with van der Waals surface area (Å²) in [6.45, 7) is 3.50. The number of esters is 1. The summed E-state index contributed by atoms with van der Waals surface area (Å²) >= 11 is 12.0. The highest BCUT2D eigenvalue weighted by molar-refractivity contribution is 6.42.